The molecule has 0 bridgehead atoms. The van der Waals surface area contributed by atoms with Crippen molar-refractivity contribution in [2.75, 3.05) is 0 Å². The van der Waals surface area contributed by atoms with Gasteiger partial charge in [0.2, 0.25) is 0 Å². The normalized spacial score (nSPS) is 10.2. The van der Waals surface area contributed by atoms with Crippen LogP contribution in [-0.4, -0.2) is 19.7 Å². The van der Waals surface area contributed by atoms with Crippen molar-refractivity contribution in [3.8, 4) is 6.07 Å². The molecule has 2 heterocycles. The third-order valence-electron chi connectivity index (χ3n) is 1.86. The van der Waals surface area contributed by atoms with E-state index in [1.807, 2.05) is 7.05 Å². The minimum absolute atomic E-state index is 0.296. The van der Waals surface area contributed by atoms with Crippen LogP contribution in [0.2, 0.25) is 0 Å². The fourth-order valence-corrected chi connectivity index (χ4v) is 1.23. The van der Waals surface area contributed by atoms with Crippen molar-refractivity contribution in [3.63, 3.8) is 0 Å². The van der Waals surface area contributed by atoms with E-state index in [2.05, 4.69) is 21.1 Å². The number of aryl methyl sites for hydroxylation is 1. The molecule has 2 rings (SSSR count). The van der Waals surface area contributed by atoms with Gasteiger partial charge in [0.05, 0.1) is 29.8 Å². The van der Waals surface area contributed by atoms with Gasteiger partial charge in [-0.3, -0.25) is 4.68 Å². The van der Waals surface area contributed by atoms with Crippen molar-refractivity contribution in [1.82, 2.24) is 19.7 Å². The maximum absolute atomic E-state index is 8.55. The van der Waals surface area contributed by atoms with Gasteiger partial charge < -0.3 is 0 Å². The Morgan fingerprint density at radius 3 is 3.15 bits per heavy atom. The van der Waals surface area contributed by atoms with E-state index in [0.29, 0.717) is 6.42 Å². The highest BCUT2D eigenvalue weighted by molar-refractivity contribution is 5.76. The lowest BCUT2D eigenvalue weighted by atomic mass is 10.2. The second-order valence-electron chi connectivity index (χ2n) is 2.66. The topological polar surface area (TPSA) is 67.4 Å². The Hall–Kier alpha value is -1.96. The Bertz CT molecular complexity index is 479. The third-order valence-corrected chi connectivity index (χ3v) is 1.86. The summed E-state index contributed by atoms with van der Waals surface area (Å²) in [7, 11) is 1.81. The number of fused-ring (bicyclic) bond motifs is 1. The monoisotopic (exact) mass is 173 g/mol. The summed E-state index contributed by atoms with van der Waals surface area (Å²) >= 11 is 0. The minimum atomic E-state index is 0.296. The van der Waals surface area contributed by atoms with Gasteiger partial charge in [-0.05, 0) is 0 Å². The van der Waals surface area contributed by atoms with E-state index in [0.717, 1.165) is 16.7 Å². The van der Waals surface area contributed by atoms with Gasteiger partial charge in [0.15, 0.2) is 5.65 Å². The molecular weight excluding hydrogens is 166 g/mol. The molecule has 0 fully saturated rings. The third kappa shape index (κ3) is 1.12. The number of hydrogen-bond acceptors (Lipinski definition) is 4. The first-order valence-corrected chi connectivity index (χ1v) is 3.81. The zero-order valence-corrected chi connectivity index (χ0v) is 7.10. The Morgan fingerprint density at radius 1 is 1.54 bits per heavy atom. The van der Waals surface area contributed by atoms with Crippen LogP contribution in [0.5, 0.6) is 0 Å². The van der Waals surface area contributed by atoms with Crippen molar-refractivity contribution in [1.29, 1.82) is 5.26 Å². The van der Waals surface area contributed by atoms with Crippen LogP contribution in [0.25, 0.3) is 11.0 Å². The molecule has 0 N–H and O–H groups in total. The standard InChI is InChI=1S/C8H7N5/c1-13-8-6(4-12-13)7(2-3-9)10-5-11-8/h4-5H,2H2,1H3. The van der Waals surface area contributed by atoms with E-state index >= 15 is 0 Å². The first kappa shape index (κ1) is 7.68. The van der Waals surface area contributed by atoms with E-state index in [1.54, 1.807) is 10.9 Å². The molecule has 0 aliphatic carbocycles. The molecule has 0 atom stereocenters. The number of rotatable bonds is 1. The molecule has 0 unspecified atom stereocenters. The predicted octanol–water partition coefficient (Wildman–Crippen LogP) is 0.429. The molecule has 0 aliphatic rings. The maximum Gasteiger partial charge on any atom is 0.161 e. The van der Waals surface area contributed by atoms with Crippen molar-refractivity contribution in [3.05, 3.63) is 18.2 Å². The van der Waals surface area contributed by atoms with Crippen molar-refractivity contribution in [2.45, 2.75) is 6.42 Å². The lowest BCUT2D eigenvalue weighted by molar-refractivity contribution is 0.785. The molecule has 13 heavy (non-hydrogen) atoms. The number of nitrogens with zero attached hydrogens (tertiary/aromatic N) is 5. The molecule has 0 aromatic carbocycles. The second-order valence-corrected chi connectivity index (χ2v) is 2.66. The summed E-state index contributed by atoms with van der Waals surface area (Å²) in [4.78, 5) is 8.09. The lowest BCUT2D eigenvalue weighted by Crippen LogP contribution is -1.94. The van der Waals surface area contributed by atoms with Crippen LogP contribution in [0, 0.1) is 11.3 Å². The molecule has 2 aromatic rings. The SMILES string of the molecule is Cn1ncc2c(CC#N)ncnc21. The molecular formula is C8H7N5. The summed E-state index contributed by atoms with van der Waals surface area (Å²) in [6.45, 7) is 0. The van der Waals surface area contributed by atoms with E-state index in [1.165, 1.54) is 6.33 Å². The molecule has 5 heteroatoms. The number of nitriles is 1. The van der Waals surface area contributed by atoms with Gasteiger partial charge in [0, 0.05) is 7.05 Å². The van der Waals surface area contributed by atoms with Crippen molar-refractivity contribution >= 4 is 11.0 Å². The summed E-state index contributed by atoms with van der Waals surface area (Å²) in [6, 6.07) is 2.06. The highest BCUT2D eigenvalue weighted by Gasteiger charge is 2.06. The molecule has 2 aromatic heterocycles. The summed E-state index contributed by atoms with van der Waals surface area (Å²) in [6.07, 6.45) is 3.43. The van der Waals surface area contributed by atoms with Gasteiger partial charge >= 0.3 is 0 Å². The van der Waals surface area contributed by atoms with Crippen LogP contribution < -0.4 is 0 Å². The summed E-state index contributed by atoms with van der Waals surface area (Å²) < 4.78 is 1.66. The Balaban J connectivity index is 2.71. The average molecular weight is 173 g/mol. The Labute approximate surface area is 74.6 Å². The summed E-state index contributed by atoms with van der Waals surface area (Å²) in [5.41, 5.74) is 1.50. The highest BCUT2D eigenvalue weighted by atomic mass is 15.3. The smallest absolute Gasteiger partial charge is 0.161 e. The average Bonchev–Trinajstić information content (AvgIpc) is 2.50. The van der Waals surface area contributed by atoms with Crippen molar-refractivity contribution in [2.24, 2.45) is 7.05 Å². The molecule has 0 saturated heterocycles. The van der Waals surface area contributed by atoms with Gasteiger partial charge in [-0.1, -0.05) is 0 Å². The molecule has 0 radical (unpaired) electrons. The first-order chi connectivity index (χ1) is 6.33. The summed E-state index contributed by atoms with van der Waals surface area (Å²) in [5.74, 6) is 0. The first-order valence-electron chi connectivity index (χ1n) is 3.81. The molecule has 0 saturated carbocycles. The van der Waals surface area contributed by atoms with Crippen LogP contribution in [0.15, 0.2) is 12.5 Å². The van der Waals surface area contributed by atoms with Crippen LogP contribution >= 0.6 is 0 Å². The van der Waals surface area contributed by atoms with E-state index < -0.39 is 0 Å². The minimum Gasteiger partial charge on any atom is -0.250 e. The molecule has 64 valence electrons. The second kappa shape index (κ2) is 2.83. The van der Waals surface area contributed by atoms with Gasteiger partial charge in [-0.15, -0.1) is 0 Å². The van der Waals surface area contributed by atoms with Crippen LogP contribution in [0.3, 0.4) is 0 Å². The van der Waals surface area contributed by atoms with Gasteiger partial charge in [-0.2, -0.15) is 10.4 Å². The van der Waals surface area contributed by atoms with Crippen LogP contribution in [0.4, 0.5) is 0 Å². The molecule has 5 nitrogen and oxygen atoms in total. The molecule has 0 aliphatic heterocycles. The van der Waals surface area contributed by atoms with Crippen LogP contribution in [-0.2, 0) is 13.5 Å². The van der Waals surface area contributed by atoms with Gasteiger partial charge in [0.1, 0.15) is 6.33 Å². The van der Waals surface area contributed by atoms with Crippen LogP contribution in [0.1, 0.15) is 5.69 Å². The maximum atomic E-state index is 8.55. The number of aromatic nitrogens is 4. The fourth-order valence-electron chi connectivity index (χ4n) is 1.23. The van der Waals surface area contributed by atoms with Gasteiger partial charge in [0.25, 0.3) is 0 Å². The van der Waals surface area contributed by atoms with E-state index in [9.17, 15) is 0 Å². The van der Waals surface area contributed by atoms with Crippen molar-refractivity contribution < 1.29 is 0 Å². The van der Waals surface area contributed by atoms with E-state index in [4.69, 9.17) is 5.26 Å². The highest BCUT2D eigenvalue weighted by Crippen LogP contribution is 2.12. The summed E-state index contributed by atoms with van der Waals surface area (Å²) in [5, 5.41) is 13.4. The Kier molecular flexibility index (Phi) is 1.67. The predicted molar refractivity (Wildman–Crippen MR) is 45.6 cm³/mol. The molecule has 0 amide bonds. The largest absolute Gasteiger partial charge is 0.250 e. The van der Waals surface area contributed by atoms with E-state index in [-0.39, 0.29) is 0 Å². The quantitative estimate of drug-likeness (QED) is 0.627. The van der Waals surface area contributed by atoms with Gasteiger partial charge in [-0.25, -0.2) is 9.97 Å². The fraction of sp³-hybridized carbons (Fsp3) is 0.250. The zero-order chi connectivity index (χ0) is 9.26. The Morgan fingerprint density at radius 2 is 2.38 bits per heavy atom. The zero-order valence-electron chi connectivity index (χ0n) is 7.10. The lowest BCUT2D eigenvalue weighted by Gasteiger charge is -1.95. The molecule has 0 spiro atoms. The number of hydrogen-bond donors (Lipinski definition) is 0.